The predicted molar refractivity (Wildman–Crippen MR) is 52.4 cm³/mol. The van der Waals surface area contributed by atoms with E-state index in [0.29, 0.717) is 0 Å². The molecule has 3 nitrogen and oxygen atoms in total. The lowest BCUT2D eigenvalue weighted by molar-refractivity contribution is -0.100. The zero-order valence-electron chi connectivity index (χ0n) is 7.99. The lowest BCUT2D eigenvalue weighted by Crippen LogP contribution is -2.15. The van der Waals surface area contributed by atoms with E-state index in [2.05, 4.69) is 0 Å². The lowest BCUT2D eigenvalue weighted by atomic mass is 10.1. The third-order valence-corrected chi connectivity index (χ3v) is 1.91. The average Bonchev–Trinajstić information content (AvgIpc) is 2.17. The molecule has 0 spiro atoms. The van der Waals surface area contributed by atoms with Crippen molar-refractivity contribution in [3.05, 3.63) is 29.8 Å². The highest BCUT2D eigenvalue weighted by molar-refractivity contribution is 5.39. The summed E-state index contributed by atoms with van der Waals surface area (Å²) in [5.41, 5.74) is 7.49. The molecule has 3 heteroatoms. The minimum Gasteiger partial charge on any atom is -0.399 e. The van der Waals surface area contributed by atoms with Crippen molar-refractivity contribution in [2.24, 2.45) is 0 Å². The predicted octanol–water partition coefficient (Wildman–Crippen LogP) is 1.43. The van der Waals surface area contributed by atoms with E-state index in [1.807, 2.05) is 24.3 Å². The van der Waals surface area contributed by atoms with Gasteiger partial charge in [0.2, 0.25) is 0 Å². The van der Waals surface area contributed by atoms with Crippen molar-refractivity contribution < 1.29 is 9.47 Å². The highest BCUT2D eigenvalue weighted by atomic mass is 16.7. The fraction of sp³-hybridized carbons (Fsp3) is 0.400. The molecule has 72 valence electrons. The molecule has 2 N–H and O–H groups in total. The topological polar surface area (TPSA) is 44.5 Å². The van der Waals surface area contributed by atoms with E-state index in [0.717, 1.165) is 17.7 Å². The van der Waals surface area contributed by atoms with Gasteiger partial charge in [0.1, 0.15) is 0 Å². The monoisotopic (exact) mass is 181 g/mol. The molecular weight excluding hydrogens is 166 g/mol. The van der Waals surface area contributed by atoms with Crippen LogP contribution in [0.1, 0.15) is 5.56 Å². The maximum atomic E-state index is 5.56. The third kappa shape index (κ3) is 3.05. The second kappa shape index (κ2) is 4.84. The second-order valence-corrected chi connectivity index (χ2v) is 2.85. The van der Waals surface area contributed by atoms with Gasteiger partial charge in [0.05, 0.1) is 0 Å². The summed E-state index contributed by atoms with van der Waals surface area (Å²) in [5.74, 6) is 0. The van der Waals surface area contributed by atoms with Crippen molar-refractivity contribution in [1.29, 1.82) is 0 Å². The normalized spacial score (nSPS) is 10.7. The average molecular weight is 181 g/mol. The lowest BCUT2D eigenvalue weighted by Gasteiger charge is -2.12. The summed E-state index contributed by atoms with van der Waals surface area (Å²) in [6.07, 6.45) is 0.566. The van der Waals surface area contributed by atoms with Crippen LogP contribution in [0.4, 0.5) is 5.69 Å². The fourth-order valence-corrected chi connectivity index (χ4v) is 1.11. The van der Waals surface area contributed by atoms with Crippen molar-refractivity contribution in [2.45, 2.75) is 12.7 Å². The zero-order valence-corrected chi connectivity index (χ0v) is 7.99. The Hall–Kier alpha value is -1.06. The summed E-state index contributed by atoms with van der Waals surface area (Å²) >= 11 is 0. The number of hydrogen-bond donors (Lipinski definition) is 1. The van der Waals surface area contributed by atoms with Crippen molar-refractivity contribution in [3.63, 3.8) is 0 Å². The zero-order chi connectivity index (χ0) is 9.68. The highest BCUT2D eigenvalue weighted by Crippen LogP contribution is 2.09. The summed E-state index contributed by atoms with van der Waals surface area (Å²) in [6.45, 7) is 0. The van der Waals surface area contributed by atoms with Gasteiger partial charge in [0, 0.05) is 26.3 Å². The van der Waals surface area contributed by atoms with Gasteiger partial charge in [-0.25, -0.2) is 0 Å². The van der Waals surface area contributed by atoms with Gasteiger partial charge in [-0.1, -0.05) is 12.1 Å². The molecular formula is C10H15NO2. The number of hydrogen-bond acceptors (Lipinski definition) is 3. The van der Waals surface area contributed by atoms with Gasteiger partial charge in [-0.05, 0) is 17.7 Å². The Morgan fingerprint density at radius 2 is 1.69 bits per heavy atom. The van der Waals surface area contributed by atoms with Crippen molar-refractivity contribution >= 4 is 5.69 Å². The maximum Gasteiger partial charge on any atom is 0.160 e. The van der Waals surface area contributed by atoms with Gasteiger partial charge in [-0.15, -0.1) is 0 Å². The quantitative estimate of drug-likeness (QED) is 0.564. The van der Waals surface area contributed by atoms with Crippen LogP contribution in [0.2, 0.25) is 0 Å². The Bertz CT molecular complexity index is 242. The van der Waals surface area contributed by atoms with E-state index >= 15 is 0 Å². The first-order valence-electron chi connectivity index (χ1n) is 4.16. The SMILES string of the molecule is COC(Cc1ccc(N)cc1)OC. The number of nitrogens with two attached hydrogens (primary N) is 1. The molecule has 0 radical (unpaired) electrons. The van der Waals surface area contributed by atoms with Crippen LogP contribution in [-0.2, 0) is 15.9 Å². The molecule has 0 heterocycles. The van der Waals surface area contributed by atoms with Gasteiger partial charge in [0.15, 0.2) is 6.29 Å². The molecule has 0 atom stereocenters. The molecule has 0 unspecified atom stereocenters. The van der Waals surface area contributed by atoms with Gasteiger partial charge in [-0.3, -0.25) is 0 Å². The molecule has 13 heavy (non-hydrogen) atoms. The Kier molecular flexibility index (Phi) is 3.73. The first kappa shape index (κ1) is 10.0. The minimum atomic E-state index is -0.177. The number of benzene rings is 1. The fourth-order valence-electron chi connectivity index (χ4n) is 1.11. The maximum absolute atomic E-state index is 5.56. The number of anilines is 1. The molecule has 1 aromatic rings. The molecule has 0 bridgehead atoms. The Balaban J connectivity index is 2.58. The van der Waals surface area contributed by atoms with Crippen LogP contribution in [0.5, 0.6) is 0 Å². The van der Waals surface area contributed by atoms with E-state index in [1.165, 1.54) is 0 Å². The summed E-state index contributed by atoms with van der Waals surface area (Å²) < 4.78 is 10.2. The van der Waals surface area contributed by atoms with Crippen LogP contribution in [0.3, 0.4) is 0 Å². The summed E-state index contributed by atoms with van der Waals surface area (Å²) in [6, 6.07) is 7.69. The van der Waals surface area contributed by atoms with E-state index < -0.39 is 0 Å². The Labute approximate surface area is 78.5 Å². The molecule has 0 aromatic heterocycles. The van der Waals surface area contributed by atoms with Crippen LogP contribution in [-0.4, -0.2) is 20.5 Å². The van der Waals surface area contributed by atoms with Gasteiger partial charge < -0.3 is 15.2 Å². The van der Waals surface area contributed by atoms with Gasteiger partial charge in [0.25, 0.3) is 0 Å². The van der Waals surface area contributed by atoms with Crippen LogP contribution in [0.15, 0.2) is 24.3 Å². The van der Waals surface area contributed by atoms with Gasteiger partial charge >= 0.3 is 0 Å². The summed E-state index contributed by atoms with van der Waals surface area (Å²) in [4.78, 5) is 0. The van der Waals surface area contributed by atoms with Crippen molar-refractivity contribution in [1.82, 2.24) is 0 Å². The first-order valence-corrected chi connectivity index (χ1v) is 4.16. The summed E-state index contributed by atoms with van der Waals surface area (Å²) in [5, 5.41) is 0. The number of methoxy groups -OCH3 is 2. The summed E-state index contributed by atoms with van der Waals surface area (Å²) in [7, 11) is 3.26. The van der Waals surface area contributed by atoms with E-state index in [4.69, 9.17) is 15.2 Å². The van der Waals surface area contributed by atoms with Crippen molar-refractivity contribution in [2.75, 3.05) is 20.0 Å². The Morgan fingerprint density at radius 1 is 1.15 bits per heavy atom. The van der Waals surface area contributed by atoms with Crippen molar-refractivity contribution in [3.8, 4) is 0 Å². The molecule has 1 aromatic carbocycles. The minimum absolute atomic E-state index is 0.177. The number of nitrogen functional groups attached to an aromatic ring is 1. The van der Waals surface area contributed by atoms with Crippen LogP contribution >= 0.6 is 0 Å². The standard InChI is InChI=1S/C10H15NO2/c1-12-10(13-2)7-8-3-5-9(11)6-4-8/h3-6,10H,7,11H2,1-2H3. The first-order chi connectivity index (χ1) is 6.26. The second-order valence-electron chi connectivity index (χ2n) is 2.85. The van der Waals surface area contributed by atoms with Crippen LogP contribution < -0.4 is 5.73 Å². The van der Waals surface area contributed by atoms with E-state index in [1.54, 1.807) is 14.2 Å². The molecule has 0 saturated heterocycles. The van der Waals surface area contributed by atoms with Crippen LogP contribution in [0, 0.1) is 0 Å². The molecule has 0 aliphatic carbocycles. The molecule has 0 saturated carbocycles. The Morgan fingerprint density at radius 3 is 2.15 bits per heavy atom. The molecule has 1 rings (SSSR count). The molecule has 0 aliphatic heterocycles. The smallest absolute Gasteiger partial charge is 0.160 e. The van der Waals surface area contributed by atoms with E-state index in [-0.39, 0.29) is 6.29 Å². The van der Waals surface area contributed by atoms with E-state index in [9.17, 15) is 0 Å². The number of ether oxygens (including phenoxy) is 2. The van der Waals surface area contributed by atoms with Crippen LogP contribution in [0.25, 0.3) is 0 Å². The largest absolute Gasteiger partial charge is 0.399 e. The molecule has 0 aliphatic rings. The number of rotatable bonds is 4. The highest BCUT2D eigenvalue weighted by Gasteiger charge is 2.05. The molecule has 0 amide bonds. The molecule has 0 fully saturated rings. The third-order valence-electron chi connectivity index (χ3n) is 1.91. The van der Waals surface area contributed by atoms with Gasteiger partial charge in [-0.2, -0.15) is 0 Å².